The third-order valence-corrected chi connectivity index (χ3v) is 6.49. The van der Waals surface area contributed by atoms with E-state index in [-0.39, 0.29) is 10.2 Å². The summed E-state index contributed by atoms with van der Waals surface area (Å²) in [5.74, 6) is -9.05. The van der Waals surface area contributed by atoms with E-state index in [1.54, 1.807) is 0 Å². The van der Waals surface area contributed by atoms with Gasteiger partial charge in [-0.3, -0.25) is 9.59 Å². The van der Waals surface area contributed by atoms with Gasteiger partial charge in [-0.1, -0.05) is 51.7 Å². The van der Waals surface area contributed by atoms with E-state index in [4.69, 9.17) is 5.11 Å². The molecule has 242 valence electrons. The molecule has 0 heterocycles. The van der Waals surface area contributed by atoms with Crippen LogP contribution in [0.4, 0.5) is 26.3 Å². The smallest absolute Gasteiger partial charge is 0.308 e. The van der Waals surface area contributed by atoms with Gasteiger partial charge in [-0.25, -0.2) is 13.2 Å². The highest BCUT2D eigenvalue weighted by molar-refractivity contribution is 9.10. The molecule has 0 aliphatic rings. The van der Waals surface area contributed by atoms with Crippen molar-refractivity contribution in [2.45, 2.75) is 79.1 Å². The summed E-state index contributed by atoms with van der Waals surface area (Å²) in [4.78, 5) is 21.1. The van der Waals surface area contributed by atoms with Crippen LogP contribution in [0.3, 0.4) is 0 Å². The molecule has 3 aromatic rings. The molecule has 0 bridgehead atoms. The molecule has 0 saturated heterocycles. The van der Waals surface area contributed by atoms with Crippen molar-refractivity contribution in [1.82, 2.24) is 0 Å². The number of phenolic OH excluding ortho intramolecular Hbond substituents is 1. The molecule has 44 heavy (non-hydrogen) atoms. The Morgan fingerprint density at radius 2 is 1.02 bits per heavy atom. The molecule has 0 radical (unpaired) electrons. The van der Waals surface area contributed by atoms with Crippen molar-refractivity contribution in [3.05, 3.63) is 86.9 Å². The van der Waals surface area contributed by atoms with Crippen molar-refractivity contribution >= 4 is 27.9 Å². The number of unbranched alkanes of at least 4 members (excludes halogenated alkanes) is 4. The van der Waals surface area contributed by atoms with Crippen LogP contribution in [-0.4, -0.2) is 17.0 Å². The van der Waals surface area contributed by atoms with Crippen LogP contribution in [-0.2, 0) is 22.4 Å². The molecule has 0 aromatic heterocycles. The van der Waals surface area contributed by atoms with E-state index in [9.17, 15) is 35.9 Å². The van der Waals surface area contributed by atoms with Crippen molar-refractivity contribution in [2.75, 3.05) is 0 Å². The lowest BCUT2D eigenvalue weighted by molar-refractivity contribution is -0.133. The molecule has 0 spiro atoms. The fourth-order valence-corrected chi connectivity index (χ4v) is 3.95. The number of halogens is 7. The van der Waals surface area contributed by atoms with E-state index in [1.165, 1.54) is 36.4 Å². The Morgan fingerprint density at radius 3 is 1.48 bits per heavy atom. The van der Waals surface area contributed by atoms with E-state index in [2.05, 4.69) is 25.4 Å². The molecule has 0 atom stereocenters. The molecular formula is C32H35BrF6O5. The number of carbonyl (C=O) groups is 2. The van der Waals surface area contributed by atoms with Crippen molar-refractivity contribution in [3.63, 3.8) is 0 Å². The highest BCUT2D eigenvalue weighted by atomic mass is 79.9. The molecule has 3 rings (SSSR count). The summed E-state index contributed by atoms with van der Waals surface area (Å²) < 4.78 is 87.8. The van der Waals surface area contributed by atoms with Gasteiger partial charge in [-0.15, -0.1) is 0 Å². The maximum Gasteiger partial charge on any atom is 0.308 e. The lowest BCUT2D eigenvalue weighted by Gasteiger charge is -2.07. The zero-order valence-electron chi connectivity index (χ0n) is 24.8. The zero-order valence-corrected chi connectivity index (χ0v) is 26.4. The molecule has 0 unspecified atom stereocenters. The van der Waals surface area contributed by atoms with E-state index < -0.39 is 58.3 Å². The second kappa shape index (κ2) is 19.7. The van der Waals surface area contributed by atoms with Gasteiger partial charge in [-0.2, -0.15) is 13.2 Å². The molecule has 3 aromatic carbocycles. The van der Waals surface area contributed by atoms with Gasteiger partial charge >= 0.3 is 11.9 Å². The molecule has 0 saturated carbocycles. The predicted octanol–water partition coefficient (Wildman–Crippen LogP) is 9.68. The minimum Gasteiger partial charge on any atom is -0.505 e. The fourth-order valence-electron chi connectivity index (χ4n) is 3.64. The first-order valence-corrected chi connectivity index (χ1v) is 14.7. The van der Waals surface area contributed by atoms with E-state index in [1.807, 2.05) is 13.8 Å². The van der Waals surface area contributed by atoms with Crippen molar-refractivity contribution in [1.29, 1.82) is 0 Å². The summed E-state index contributed by atoms with van der Waals surface area (Å²) >= 11 is 2.79. The lowest BCUT2D eigenvalue weighted by Crippen LogP contribution is -2.05. The standard InChI is InChI=1S/C13H16F2O2.C11H14F2O.C8H5BrF2O2/c1-3-4-5-6-10-7-8-11(17-9(2)16)13(15)12(10)14;1-2-3-4-5-8-6-7-9(14)11(13)10(8)12;1-4(12)13-6-3-2-5(9)7(10)8(6)11/h7-8H,3-6H2,1-2H3;6-7,14H,2-5H2,1H3;2-3H,1H3. The maximum absolute atomic E-state index is 13.6. The number of rotatable bonds is 10. The monoisotopic (exact) mass is 692 g/mol. The molecular weight excluding hydrogens is 658 g/mol. The van der Waals surface area contributed by atoms with Gasteiger partial charge in [0, 0.05) is 13.8 Å². The summed E-state index contributed by atoms with van der Waals surface area (Å²) in [6.07, 6.45) is 6.73. The van der Waals surface area contributed by atoms with Crippen LogP contribution in [0.5, 0.6) is 17.2 Å². The van der Waals surface area contributed by atoms with Crippen LogP contribution in [0.25, 0.3) is 0 Å². The van der Waals surface area contributed by atoms with Crippen LogP contribution >= 0.6 is 15.9 Å². The fraction of sp³-hybridized carbons (Fsp3) is 0.375. The highest BCUT2D eigenvalue weighted by Gasteiger charge is 2.16. The largest absolute Gasteiger partial charge is 0.505 e. The number of phenols is 1. The van der Waals surface area contributed by atoms with Crippen LogP contribution in [0, 0.1) is 34.9 Å². The quantitative estimate of drug-likeness (QED) is 0.0753. The number of hydrogen-bond acceptors (Lipinski definition) is 5. The van der Waals surface area contributed by atoms with E-state index in [0.717, 1.165) is 52.4 Å². The second-order valence-corrected chi connectivity index (χ2v) is 10.4. The number of aryl methyl sites for hydroxylation is 2. The average Bonchev–Trinajstić information content (AvgIpc) is 2.97. The first-order chi connectivity index (χ1) is 20.7. The molecule has 1 N–H and O–H groups in total. The Hall–Kier alpha value is -3.54. The number of esters is 2. The SMILES string of the molecule is CC(=O)Oc1ccc(Br)c(F)c1F.CCCCCc1ccc(O)c(F)c1F.CCCCCc1ccc(OC(C)=O)c(F)c1F. The van der Waals surface area contributed by atoms with E-state index in [0.29, 0.717) is 24.0 Å². The van der Waals surface area contributed by atoms with Gasteiger partial charge in [0.2, 0.25) is 17.5 Å². The topological polar surface area (TPSA) is 72.8 Å². The minimum atomic E-state index is -1.18. The van der Waals surface area contributed by atoms with Crippen molar-refractivity contribution < 1.29 is 50.5 Å². The van der Waals surface area contributed by atoms with Gasteiger partial charge in [0.1, 0.15) is 0 Å². The summed E-state index contributed by atoms with van der Waals surface area (Å²) in [5.41, 5.74) is 0.667. The number of benzene rings is 3. The average molecular weight is 694 g/mol. The van der Waals surface area contributed by atoms with Crippen molar-refractivity contribution in [3.8, 4) is 17.2 Å². The van der Waals surface area contributed by atoms with Gasteiger partial charge < -0.3 is 14.6 Å². The van der Waals surface area contributed by atoms with Crippen LogP contribution in [0.1, 0.15) is 77.3 Å². The summed E-state index contributed by atoms with van der Waals surface area (Å²) in [6.45, 7) is 6.35. The van der Waals surface area contributed by atoms with Crippen LogP contribution in [0.15, 0.2) is 40.9 Å². The second-order valence-electron chi connectivity index (χ2n) is 9.50. The van der Waals surface area contributed by atoms with Crippen molar-refractivity contribution in [2.24, 2.45) is 0 Å². The molecule has 0 fully saturated rings. The number of carbonyl (C=O) groups excluding carboxylic acids is 2. The van der Waals surface area contributed by atoms with Gasteiger partial charge in [0.05, 0.1) is 4.47 Å². The molecule has 0 aliphatic heterocycles. The van der Waals surface area contributed by atoms with Gasteiger partial charge in [-0.05, 0) is 77.0 Å². The third-order valence-electron chi connectivity index (χ3n) is 5.88. The molecule has 0 aliphatic carbocycles. The predicted molar refractivity (Wildman–Crippen MR) is 158 cm³/mol. The summed E-state index contributed by atoms with van der Waals surface area (Å²) in [6, 6.07) is 7.82. The number of aromatic hydroxyl groups is 1. The normalized spacial score (nSPS) is 10.2. The zero-order chi connectivity index (χ0) is 33.4. The first-order valence-electron chi connectivity index (χ1n) is 13.9. The van der Waals surface area contributed by atoms with E-state index >= 15 is 0 Å². The molecule has 0 amide bonds. The Balaban J connectivity index is 0.000000333. The van der Waals surface area contributed by atoms with Crippen LogP contribution in [0.2, 0.25) is 0 Å². The summed E-state index contributed by atoms with van der Waals surface area (Å²) in [5, 5.41) is 8.88. The Labute approximate surface area is 261 Å². The van der Waals surface area contributed by atoms with Gasteiger partial charge in [0.25, 0.3) is 0 Å². The lowest BCUT2D eigenvalue weighted by atomic mass is 10.1. The Morgan fingerprint density at radius 1 is 0.614 bits per heavy atom. The molecule has 12 heteroatoms. The number of hydrogen-bond donors (Lipinski definition) is 1. The third kappa shape index (κ3) is 12.6. The Kier molecular flexibility index (Phi) is 17.2. The first kappa shape index (κ1) is 38.5. The maximum atomic E-state index is 13.6. The highest BCUT2D eigenvalue weighted by Crippen LogP contribution is 2.26. The minimum absolute atomic E-state index is 0.0131. The van der Waals surface area contributed by atoms with Crippen LogP contribution < -0.4 is 9.47 Å². The Bertz CT molecular complexity index is 1400. The van der Waals surface area contributed by atoms with Gasteiger partial charge in [0.15, 0.2) is 34.7 Å². The summed E-state index contributed by atoms with van der Waals surface area (Å²) in [7, 11) is 0. The number of ether oxygens (including phenoxy) is 2. The molecule has 5 nitrogen and oxygen atoms in total.